The van der Waals surface area contributed by atoms with Crippen LogP contribution in [0.25, 0.3) is 0 Å². The molecule has 0 saturated heterocycles. The van der Waals surface area contributed by atoms with Gasteiger partial charge in [-0.25, -0.2) is 0 Å². The molecule has 1 fully saturated rings. The zero-order valence-electron chi connectivity index (χ0n) is 12.4. The second kappa shape index (κ2) is 6.62. The summed E-state index contributed by atoms with van der Waals surface area (Å²) in [5, 5.41) is 2.88. The summed E-state index contributed by atoms with van der Waals surface area (Å²) in [5.41, 5.74) is 8.59. The second-order valence-electron chi connectivity index (χ2n) is 5.70. The molecule has 1 aliphatic rings. The quantitative estimate of drug-likeness (QED) is 0.802. The monoisotopic (exact) mass is 296 g/mol. The summed E-state index contributed by atoms with van der Waals surface area (Å²) in [6.45, 7) is 1.41. The normalized spacial score (nSPS) is 13.8. The van der Waals surface area contributed by atoms with Gasteiger partial charge in [0.25, 0.3) is 5.91 Å². The van der Waals surface area contributed by atoms with Gasteiger partial charge in [-0.2, -0.15) is 0 Å². The standard InChI is InChI=1S/C18H20N2O2/c19-17-7-2-1-6-16(17)18(21)20-15-5-3-4-14(10-15)12-22-11-13-8-9-13/h1-7,10,13H,8-9,11-12,19H2,(H,20,21). The maximum Gasteiger partial charge on any atom is 0.257 e. The minimum atomic E-state index is -0.200. The van der Waals surface area contributed by atoms with Crippen LogP contribution in [-0.2, 0) is 11.3 Å². The Hall–Kier alpha value is -2.33. The van der Waals surface area contributed by atoms with E-state index in [1.165, 1.54) is 12.8 Å². The van der Waals surface area contributed by atoms with Crippen LogP contribution in [0.1, 0.15) is 28.8 Å². The van der Waals surface area contributed by atoms with Gasteiger partial charge in [-0.15, -0.1) is 0 Å². The van der Waals surface area contributed by atoms with Crippen LogP contribution in [0.5, 0.6) is 0 Å². The predicted molar refractivity (Wildman–Crippen MR) is 87.6 cm³/mol. The largest absolute Gasteiger partial charge is 0.398 e. The molecule has 3 N–H and O–H groups in total. The number of amides is 1. The summed E-state index contributed by atoms with van der Waals surface area (Å²) in [6.07, 6.45) is 2.57. The lowest BCUT2D eigenvalue weighted by atomic mass is 10.1. The number of para-hydroxylation sites is 1. The Morgan fingerprint density at radius 3 is 2.77 bits per heavy atom. The zero-order valence-corrected chi connectivity index (χ0v) is 12.4. The number of anilines is 2. The third kappa shape index (κ3) is 3.86. The van der Waals surface area contributed by atoms with Gasteiger partial charge in [0.05, 0.1) is 12.2 Å². The van der Waals surface area contributed by atoms with Crippen molar-refractivity contribution in [2.24, 2.45) is 5.92 Å². The molecule has 22 heavy (non-hydrogen) atoms. The van der Waals surface area contributed by atoms with Crippen molar-refractivity contribution in [3.05, 3.63) is 59.7 Å². The van der Waals surface area contributed by atoms with E-state index in [2.05, 4.69) is 5.32 Å². The predicted octanol–water partition coefficient (Wildman–Crippen LogP) is 3.45. The number of carbonyl (C=O) groups excluding carboxylic acids is 1. The molecule has 0 atom stereocenters. The first-order chi connectivity index (χ1) is 10.7. The van der Waals surface area contributed by atoms with E-state index in [-0.39, 0.29) is 5.91 Å². The second-order valence-corrected chi connectivity index (χ2v) is 5.70. The zero-order chi connectivity index (χ0) is 15.4. The SMILES string of the molecule is Nc1ccccc1C(=O)Nc1cccc(COCC2CC2)c1. The molecule has 0 heterocycles. The number of nitrogen functional groups attached to an aromatic ring is 1. The Bertz CT molecular complexity index is 666. The van der Waals surface area contributed by atoms with Crippen molar-refractivity contribution in [1.82, 2.24) is 0 Å². The molecule has 2 aromatic carbocycles. The van der Waals surface area contributed by atoms with E-state index in [9.17, 15) is 4.79 Å². The summed E-state index contributed by atoms with van der Waals surface area (Å²) in [7, 11) is 0. The molecule has 2 aromatic rings. The summed E-state index contributed by atoms with van der Waals surface area (Å²) in [6, 6.07) is 14.8. The van der Waals surface area contributed by atoms with Gasteiger partial charge < -0.3 is 15.8 Å². The van der Waals surface area contributed by atoms with Gasteiger partial charge in [-0.3, -0.25) is 4.79 Å². The average Bonchev–Trinajstić information content (AvgIpc) is 3.32. The third-order valence-corrected chi connectivity index (χ3v) is 3.71. The lowest BCUT2D eigenvalue weighted by Crippen LogP contribution is -2.14. The van der Waals surface area contributed by atoms with Gasteiger partial charge in [0.2, 0.25) is 0 Å². The van der Waals surface area contributed by atoms with E-state index >= 15 is 0 Å². The molecule has 0 radical (unpaired) electrons. The molecule has 0 aliphatic heterocycles. The van der Waals surface area contributed by atoms with Crippen molar-refractivity contribution in [3.63, 3.8) is 0 Å². The van der Waals surface area contributed by atoms with Gasteiger partial charge in [-0.1, -0.05) is 24.3 Å². The number of ether oxygens (including phenoxy) is 1. The minimum absolute atomic E-state index is 0.200. The maximum atomic E-state index is 12.2. The lowest BCUT2D eigenvalue weighted by Gasteiger charge is -2.09. The van der Waals surface area contributed by atoms with E-state index in [4.69, 9.17) is 10.5 Å². The number of hydrogen-bond donors (Lipinski definition) is 2. The smallest absolute Gasteiger partial charge is 0.257 e. The number of carbonyl (C=O) groups is 1. The van der Waals surface area contributed by atoms with E-state index in [1.54, 1.807) is 18.2 Å². The Balaban J connectivity index is 1.61. The van der Waals surface area contributed by atoms with Gasteiger partial charge in [0.15, 0.2) is 0 Å². The molecule has 1 aliphatic carbocycles. The van der Waals surface area contributed by atoms with E-state index in [1.807, 2.05) is 30.3 Å². The topological polar surface area (TPSA) is 64.4 Å². The van der Waals surface area contributed by atoms with Crippen molar-refractivity contribution in [2.45, 2.75) is 19.4 Å². The summed E-state index contributed by atoms with van der Waals surface area (Å²) in [4.78, 5) is 12.2. The van der Waals surface area contributed by atoms with Gasteiger partial charge in [-0.05, 0) is 48.6 Å². The molecule has 1 amide bonds. The van der Waals surface area contributed by atoms with Crippen molar-refractivity contribution < 1.29 is 9.53 Å². The highest BCUT2D eigenvalue weighted by molar-refractivity contribution is 6.07. The van der Waals surface area contributed by atoms with E-state index in [0.29, 0.717) is 17.9 Å². The number of nitrogens with one attached hydrogen (secondary N) is 1. The summed E-state index contributed by atoms with van der Waals surface area (Å²) in [5.74, 6) is 0.554. The number of rotatable bonds is 6. The molecule has 0 spiro atoms. The molecule has 0 aromatic heterocycles. The number of nitrogens with two attached hydrogens (primary N) is 1. The first-order valence-electron chi connectivity index (χ1n) is 7.55. The van der Waals surface area contributed by atoms with Crippen LogP contribution in [0, 0.1) is 5.92 Å². The highest BCUT2D eigenvalue weighted by Crippen LogP contribution is 2.29. The fraction of sp³-hybridized carbons (Fsp3) is 0.278. The highest BCUT2D eigenvalue weighted by atomic mass is 16.5. The molecule has 1 saturated carbocycles. The Labute approximate surface area is 130 Å². The van der Waals surface area contributed by atoms with E-state index in [0.717, 1.165) is 23.8 Å². The minimum Gasteiger partial charge on any atom is -0.398 e. The van der Waals surface area contributed by atoms with Crippen LogP contribution in [-0.4, -0.2) is 12.5 Å². The number of hydrogen-bond acceptors (Lipinski definition) is 3. The fourth-order valence-electron chi connectivity index (χ4n) is 2.27. The van der Waals surface area contributed by atoms with Crippen LogP contribution in [0.2, 0.25) is 0 Å². The molecule has 4 heteroatoms. The Kier molecular flexibility index (Phi) is 4.39. The van der Waals surface area contributed by atoms with Crippen LogP contribution < -0.4 is 11.1 Å². The van der Waals surface area contributed by atoms with Crippen LogP contribution in [0.15, 0.2) is 48.5 Å². The maximum absolute atomic E-state index is 12.2. The lowest BCUT2D eigenvalue weighted by molar-refractivity contribution is 0.102. The van der Waals surface area contributed by atoms with Gasteiger partial charge in [0, 0.05) is 18.0 Å². The molecule has 114 valence electrons. The number of benzene rings is 2. The molecule has 0 unspecified atom stereocenters. The fourth-order valence-corrected chi connectivity index (χ4v) is 2.27. The van der Waals surface area contributed by atoms with Gasteiger partial charge in [0.1, 0.15) is 0 Å². The molecular formula is C18H20N2O2. The molecule has 3 rings (SSSR count). The first-order valence-corrected chi connectivity index (χ1v) is 7.55. The van der Waals surface area contributed by atoms with E-state index < -0.39 is 0 Å². The van der Waals surface area contributed by atoms with Crippen LogP contribution in [0.3, 0.4) is 0 Å². The van der Waals surface area contributed by atoms with Crippen molar-refractivity contribution in [3.8, 4) is 0 Å². The van der Waals surface area contributed by atoms with Crippen LogP contribution in [0.4, 0.5) is 11.4 Å². The van der Waals surface area contributed by atoms with Gasteiger partial charge >= 0.3 is 0 Å². The van der Waals surface area contributed by atoms with Crippen LogP contribution >= 0.6 is 0 Å². The Morgan fingerprint density at radius 2 is 2.00 bits per heavy atom. The van der Waals surface area contributed by atoms with Crippen molar-refractivity contribution in [1.29, 1.82) is 0 Å². The van der Waals surface area contributed by atoms with Crippen molar-refractivity contribution in [2.75, 3.05) is 17.7 Å². The molecular weight excluding hydrogens is 276 g/mol. The third-order valence-electron chi connectivity index (χ3n) is 3.71. The van der Waals surface area contributed by atoms with Crippen molar-refractivity contribution >= 4 is 17.3 Å². The molecule has 4 nitrogen and oxygen atoms in total. The highest BCUT2D eigenvalue weighted by Gasteiger charge is 2.21. The summed E-state index contributed by atoms with van der Waals surface area (Å²) >= 11 is 0. The Morgan fingerprint density at radius 1 is 1.18 bits per heavy atom. The summed E-state index contributed by atoms with van der Waals surface area (Å²) < 4.78 is 5.67. The molecule has 0 bridgehead atoms. The first kappa shape index (κ1) is 14.6. The average molecular weight is 296 g/mol.